The molecule has 1 saturated carbocycles. The molecule has 1 aromatic rings. The fraction of sp³-hybridized carbons (Fsp3) is 0.630. The van der Waals surface area contributed by atoms with Crippen LogP contribution in [0.4, 0.5) is 4.79 Å². The molecule has 1 fully saturated rings. The highest BCUT2D eigenvalue weighted by atomic mass is 32.2. The average Bonchev–Trinajstić information content (AvgIpc) is 3.58. The molecule has 1 aliphatic carbocycles. The Bertz CT molecular complexity index is 1120. The van der Waals surface area contributed by atoms with Gasteiger partial charge in [-0.2, -0.15) is 0 Å². The molecule has 210 valence electrons. The maximum absolute atomic E-state index is 13.5. The van der Waals surface area contributed by atoms with Crippen molar-refractivity contribution in [3.05, 3.63) is 30.0 Å². The van der Waals surface area contributed by atoms with Crippen LogP contribution in [-0.4, -0.2) is 73.1 Å². The lowest BCUT2D eigenvalue weighted by atomic mass is 9.86. The van der Waals surface area contributed by atoms with Gasteiger partial charge in [0.1, 0.15) is 17.1 Å². The summed E-state index contributed by atoms with van der Waals surface area (Å²) in [5, 5.41) is 0.333. The van der Waals surface area contributed by atoms with Gasteiger partial charge < -0.3 is 18.9 Å². The third-order valence-electron chi connectivity index (χ3n) is 6.63. The number of amides is 1. The minimum atomic E-state index is -1.34. The Labute approximate surface area is 231 Å². The zero-order valence-corrected chi connectivity index (χ0v) is 25.9. The Morgan fingerprint density at radius 3 is 2.53 bits per heavy atom. The molecule has 0 aromatic carbocycles. The van der Waals surface area contributed by atoms with Crippen molar-refractivity contribution in [3.8, 4) is 5.88 Å². The maximum Gasteiger partial charge on any atom is 0.418 e. The first-order valence-corrected chi connectivity index (χ1v) is 17.2. The molecule has 0 spiro atoms. The van der Waals surface area contributed by atoms with Gasteiger partial charge in [-0.05, 0) is 51.8 Å². The number of hydrogen-bond donors (Lipinski definition) is 0. The van der Waals surface area contributed by atoms with Crippen molar-refractivity contribution < 1.29 is 28.5 Å². The normalized spacial score (nSPS) is 24.6. The van der Waals surface area contributed by atoms with E-state index < -0.39 is 30.1 Å². The molecule has 2 aliphatic rings. The number of pyridine rings is 1. The summed E-state index contributed by atoms with van der Waals surface area (Å²) in [5.41, 5.74) is -0.176. The Balaban J connectivity index is 2.10. The van der Waals surface area contributed by atoms with Gasteiger partial charge in [0.15, 0.2) is 5.17 Å². The van der Waals surface area contributed by atoms with Crippen LogP contribution >= 0.6 is 11.8 Å². The number of hydrogen-bond acceptors (Lipinski definition) is 9. The molecular formula is C27H41N3O6SSi. The number of amidine groups is 1. The van der Waals surface area contributed by atoms with Crippen LogP contribution in [0.2, 0.25) is 25.7 Å². The monoisotopic (exact) mass is 563 g/mol. The van der Waals surface area contributed by atoms with E-state index in [1.807, 2.05) is 13.0 Å². The Morgan fingerprint density at radius 2 is 1.97 bits per heavy atom. The molecule has 1 aromatic heterocycles. The van der Waals surface area contributed by atoms with E-state index in [-0.39, 0.29) is 18.6 Å². The third-order valence-corrected chi connectivity index (χ3v) is 9.81. The van der Waals surface area contributed by atoms with Gasteiger partial charge in [0.05, 0.1) is 19.8 Å². The third kappa shape index (κ3) is 6.43. The van der Waals surface area contributed by atoms with E-state index in [0.717, 1.165) is 11.6 Å². The van der Waals surface area contributed by atoms with Gasteiger partial charge in [-0.25, -0.2) is 14.7 Å². The fourth-order valence-corrected chi connectivity index (χ4v) is 6.76. The van der Waals surface area contributed by atoms with Crippen molar-refractivity contribution in [3.63, 3.8) is 0 Å². The molecule has 38 heavy (non-hydrogen) atoms. The summed E-state index contributed by atoms with van der Waals surface area (Å²) >= 11 is 1.23. The van der Waals surface area contributed by atoms with Crippen LogP contribution in [0.1, 0.15) is 45.2 Å². The second-order valence-corrected chi connectivity index (χ2v) is 19.0. The number of rotatable bonds is 9. The quantitative estimate of drug-likeness (QED) is 0.167. The van der Waals surface area contributed by atoms with E-state index in [9.17, 15) is 9.59 Å². The summed E-state index contributed by atoms with van der Waals surface area (Å²) < 4.78 is 21.6. The summed E-state index contributed by atoms with van der Waals surface area (Å²) in [4.78, 5) is 37.5. The number of ether oxygens (including phenoxy) is 4. The van der Waals surface area contributed by atoms with Crippen LogP contribution in [0.25, 0.3) is 6.08 Å². The minimum absolute atomic E-state index is 0.0503. The number of carbonyl (C=O) groups is 2. The molecule has 2 heterocycles. The predicted molar refractivity (Wildman–Crippen MR) is 153 cm³/mol. The lowest BCUT2D eigenvalue weighted by Crippen LogP contribution is -2.47. The molecule has 9 nitrogen and oxygen atoms in total. The predicted octanol–water partition coefficient (Wildman–Crippen LogP) is 5.53. The van der Waals surface area contributed by atoms with Crippen LogP contribution in [0.3, 0.4) is 0 Å². The molecule has 3 rings (SSSR count). The smallest absolute Gasteiger partial charge is 0.418 e. The second-order valence-electron chi connectivity index (χ2n) is 12.1. The molecule has 0 unspecified atom stereocenters. The zero-order chi connectivity index (χ0) is 28.5. The summed E-state index contributed by atoms with van der Waals surface area (Å²) in [7, 11) is 1.58. The second kappa shape index (κ2) is 11.0. The number of fused-ring (bicyclic) bond motifs is 1. The van der Waals surface area contributed by atoms with Gasteiger partial charge in [0.25, 0.3) is 0 Å². The van der Waals surface area contributed by atoms with E-state index in [4.69, 9.17) is 23.9 Å². The first kappa shape index (κ1) is 30.2. The highest BCUT2D eigenvalue weighted by molar-refractivity contribution is 8.15. The lowest BCUT2D eigenvalue weighted by molar-refractivity contribution is -0.141. The molecular weight excluding hydrogens is 522 g/mol. The van der Waals surface area contributed by atoms with E-state index in [1.165, 1.54) is 23.8 Å². The number of carbonyl (C=O) groups excluding carboxylic acids is 2. The number of methoxy groups -OCH3 is 2. The van der Waals surface area contributed by atoms with Crippen LogP contribution < -0.4 is 4.74 Å². The van der Waals surface area contributed by atoms with Gasteiger partial charge >= 0.3 is 12.1 Å². The number of aliphatic imine (C=N–C) groups is 1. The number of thioether (sulfide) groups is 1. The minimum Gasteiger partial charge on any atom is -0.481 e. The molecule has 3 atom stereocenters. The molecule has 1 amide bonds. The van der Waals surface area contributed by atoms with E-state index in [0.29, 0.717) is 29.6 Å². The highest BCUT2D eigenvalue weighted by Gasteiger charge is 2.72. The van der Waals surface area contributed by atoms with Crippen molar-refractivity contribution in [1.82, 2.24) is 9.88 Å². The number of aromatic nitrogens is 1. The Kier molecular flexibility index (Phi) is 8.74. The van der Waals surface area contributed by atoms with E-state index in [1.54, 1.807) is 40.2 Å². The van der Waals surface area contributed by atoms with Gasteiger partial charge in [-0.15, -0.1) is 0 Å². The summed E-state index contributed by atoms with van der Waals surface area (Å²) in [6.07, 6.45) is 3.29. The van der Waals surface area contributed by atoms with Gasteiger partial charge in [-0.1, -0.05) is 44.1 Å². The topological polar surface area (TPSA) is 99.6 Å². The SMILES string of the molecule is C=Cc1cnc(OC)c([C@@]2(C)N=C(N(COCC[Si](C)(C)C)C(=O)OC(C)(C)C)S[C@@]3(C(=O)OC)C[C@H]32)c1. The molecule has 0 bridgehead atoms. The standard InChI is InChI=1S/C27H41N3O6SSi/c1-11-18-14-19(21(33-6)28-16-18)26(5)20-15-27(20,22(31)34-7)37-23(29-26)30(24(32)36-25(2,3)4)17-35-12-13-38(8,9)10/h11,14,16,20H,1,12-13,15,17H2,2-10H3/t20-,26+,27-/m0/s1. The fourth-order valence-electron chi connectivity index (χ4n) is 4.42. The van der Waals surface area contributed by atoms with Gasteiger partial charge in [-0.3, -0.25) is 9.79 Å². The number of esters is 1. The summed E-state index contributed by atoms with van der Waals surface area (Å²) in [5.74, 6) is -0.157. The van der Waals surface area contributed by atoms with Crippen molar-refractivity contribution in [1.29, 1.82) is 0 Å². The van der Waals surface area contributed by atoms with E-state index >= 15 is 0 Å². The average molecular weight is 564 g/mol. The van der Waals surface area contributed by atoms with Crippen LogP contribution in [0.15, 0.2) is 23.8 Å². The van der Waals surface area contributed by atoms with Crippen LogP contribution in [-0.2, 0) is 24.5 Å². The molecule has 0 N–H and O–H groups in total. The molecule has 11 heteroatoms. The highest BCUT2D eigenvalue weighted by Crippen LogP contribution is 2.67. The van der Waals surface area contributed by atoms with Crippen molar-refractivity contribution in [2.45, 2.75) is 75.7 Å². The lowest BCUT2D eigenvalue weighted by Gasteiger charge is -2.37. The van der Waals surface area contributed by atoms with Crippen LogP contribution in [0.5, 0.6) is 5.88 Å². The Morgan fingerprint density at radius 1 is 1.29 bits per heavy atom. The van der Waals surface area contributed by atoms with Crippen molar-refractivity contribution in [2.75, 3.05) is 27.6 Å². The first-order valence-electron chi connectivity index (χ1n) is 12.7. The zero-order valence-electron chi connectivity index (χ0n) is 24.0. The molecule has 1 aliphatic heterocycles. The van der Waals surface area contributed by atoms with Gasteiger partial charge in [0, 0.05) is 32.4 Å². The van der Waals surface area contributed by atoms with Gasteiger partial charge in [0.2, 0.25) is 5.88 Å². The van der Waals surface area contributed by atoms with Crippen LogP contribution in [0, 0.1) is 5.92 Å². The maximum atomic E-state index is 13.5. The van der Waals surface area contributed by atoms with Crippen molar-refractivity contribution >= 4 is 43.1 Å². The van der Waals surface area contributed by atoms with E-state index in [2.05, 4.69) is 31.2 Å². The van der Waals surface area contributed by atoms with Crippen molar-refractivity contribution in [2.24, 2.45) is 10.9 Å². The Hall–Kier alpha value is -2.37. The molecule has 0 radical (unpaired) electrons. The summed E-state index contributed by atoms with van der Waals surface area (Å²) in [6, 6.07) is 2.86. The molecule has 0 saturated heterocycles. The largest absolute Gasteiger partial charge is 0.481 e. The number of nitrogens with zero attached hydrogens (tertiary/aromatic N) is 3. The summed E-state index contributed by atoms with van der Waals surface area (Å²) in [6.45, 7) is 18.5. The first-order chi connectivity index (χ1) is 17.6.